The van der Waals surface area contributed by atoms with E-state index in [0.29, 0.717) is 6.42 Å². The number of ether oxygens (including phenoxy) is 2. The lowest BCUT2D eigenvalue weighted by Gasteiger charge is -2.60. The van der Waals surface area contributed by atoms with Crippen molar-refractivity contribution in [2.75, 3.05) is 0 Å². The Morgan fingerprint density at radius 2 is 1.71 bits per heavy atom. The van der Waals surface area contributed by atoms with E-state index in [1.807, 2.05) is 6.92 Å². The van der Waals surface area contributed by atoms with Gasteiger partial charge in [0.15, 0.2) is 4.51 Å². The molecule has 0 aromatic heterocycles. The molecule has 4 fully saturated rings. The fourth-order valence-corrected chi connectivity index (χ4v) is 7.01. The molecule has 2 saturated heterocycles. The van der Waals surface area contributed by atoms with Crippen LogP contribution in [0.1, 0.15) is 40.5 Å². The summed E-state index contributed by atoms with van der Waals surface area (Å²) in [7, 11) is 0. The van der Waals surface area contributed by atoms with Crippen LogP contribution in [-0.2, 0) is 9.47 Å². The van der Waals surface area contributed by atoms with Crippen molar-refractivity contribution in [2.45, 2.75) is 78.7 Å². The second kappa shape index (κ2) is 3.85. The zero-order chi connectivity index (χ0) is 15.6. The minimum atomic E-state index is -0.515. The first-order valence-corrected chi connectivity index (χ1v) is 9.58. The first-order chi connectivity index (χ1) is 9.44. The molecule has 2 aliphatic heterocycles. The molecule has 1 N–H and O–H groups in total. The van der Waals surface area contributed by atoms with Crippen molar-refractivity contribution in [3.63, 3.8) is 0 Å². The van der Waals surface area contributed by atoms with Gasteiger partial charge in [-0.3, -0.25) is 0 Å². The molecular formula is C15H21Br2ClO3. The van der Waals surface area contributed by atoms with E-state index in [0.717, 1.165) is 6.42 Å². The third kappa shape index (κ3) is 1.49. The van der Waals surface area contributed by atoms with Gasteiger partial charge >= 0.3 is 0 Å². The lowest BCUT2D eigenvalue weighted by atomic mass is 9.46. The third-order valence-corrected chi connectivity index (χ3v) is 10.6. The molecule has 0 aromatic carbocycles. The van der Waals surface area contributed by atoms with Crippen molar-refractivity contribution in [1.29, 1.82) is 0 Å². The van der Waals surface area contributed by atoms with E-state index in [1.165, 1.54) is 0 Å². The Kier molecular flexibility index (Phi) is 2.87. The molecule has 8 atom stereocenters. The van der Waals surface area contributed by atoms with Gasteiger partial charge in [0.05, 0.1) is 11.0 Å². The number of aliphatic hydroxyl groups is 1. The maximum atomic E-state index is 11.1. The standard InChI is InChI=1S/C15H21Br2ClO3/c1-11(2)14(5-7(16)12(3,18)6-8(14)19)13(4)9(20-13)10-15(11,17)21-10/h7-10,19H,5-6H2,1-4H3/t7-,8-,9+,10?,12-,13+,14-,15+/m0/s1. The summed E-state index contributed by atoms with van der Waals surface area (Å²) in [5.74, 6) is 0. The highest BCUT2D eigenvalue weighted by Crippen LogP contribution is 2.80. The van der Waals surface area contributed by atoms with E-state index in [2.05, 4.69) is 52.6 Å². The van der Waals surface area contributed by atoms with Gasteiger partial charge in [0.1, 0.15) is 17.8 Å². The molecule has 6 heteroatoms. The summed E-state index contributed by atoms with van der Waals surface area (Å²) in [6, 6.07) is 0. The van der Waals surface area contributed by atoms with Crippen molar-refractivity contribution in [1.82, 2.24) is 0 Å². The molecule has 2 saturated carbocycles. The molecule has 1 spiro atoms. The second-order valence-electron chi connectivity index (χ2n) is 8.09. The highest BCUT2D eigenvalue weighted by molar-refractivity contribution is 9.10. The first kappa shape index (κ1) is 15.6. The van der Waals surface area contributed by atoms with E-state index < -0.39 is 15.5 Å². The predicted octanol–water partition coefficient (Wildman–Crippen LogP) is 3.58. The Hall–Kier alpha value is 1.13. The zero-order valence-electron chi connectivity index (χ0n) is 12.6. The number of hydrogen-bond acceptors (Lipinski definition) is 3. The summed E-state index contributed by atoms with van der Waals surface area (Å²) in [6.45, 7) is 8.50. The summed E-state index contributed by atoms with van der Waals surface area (Å²) in [6.07, 6.45) is 0.969. The third-order valence-electron chi connectivity index (χ3n) is 6.91. The minimum Gasteiger partial charge on any atom is -0.392 e. The normalized spacial score (nSPS) is 67.4. The molecule has 120 valence electrons. The van der Waals surface area contributed by atoms with Crippen LogP contribution in [0.4, 0.5) is 0 Å². The SMILES string of the molecule is CC1(C)[C@@]2(C[C@H](Br)[C@@](C)(Cl)C[C@@H]2O)[C@]2(C)O[C@@H]2C2O[C@]21Br. The quantitative estimate of drug-likeness (QED) is 0.459. The fourth-order valence-electron chi connectivity index (χ4n) is 5.29. The van der Waals surface area contributed by atoms with Crippen molar-refractivity contribution in [3.8, 4) is 0 Å². The minimum absolute atomic E-state index is 0.0685. The Morgan fingerprint density at radius 1 is 1.10 bits per heavy atom. The molecule has 0 amide bonds. The monoisotopic (exact) mass is 442 g/mol. The average Bonchev–Trinajstić information content (AvgIpc) is 3.19. The molecule has 1 unspecified atom stereocenters. The van der Waals surface area contributed by atoms with Gasteiger partial charge in [-0.2, -0.15) is 0 Å². The zero-order valence-corrected chi connectivity index (χ0v) is 16.5. The fraction of sp³-hybridized carbons (Fsp3) is 1.00. The topological polar surface area (TPSA) is 45.3 Å². The van der Waals surface area contributed by atoms with E-state index in [4.69, 9.17) is 21.1 Å². The summed E-state index contributed by atoms with van der Waals surface area (Å²) in [5, 5.41) is 11.1. The average molecular weight is 445 g/mol. The molecule has 3 nitrogen and oxygen atoms in total. The van der Waals surface area contributed by atoms with Crippen LogP contribution in [0.2, 0.25) is 0 Å². The van der Waals surface area contributed by atoms with Crippen LogP contribution < -0.4 is 0 Å². The molecule has 2 heterocycles. The number of hydrogen-bond donors (Lipinski definition) is 1. The largest absolute Gasteiger partial charge is 0.392 e. The molecule has 0 bridgehead atoms. The molecule has 4 rings (SSSR count). The van der Waals surface area contributed by atoms with Gasteiger partial charge in [0.2, 0.25) is 0 Å². The van der Waals surface area contributed by atoms with Crippen LogP contribution in [0.5, 0.6) is 0 Å². The molecule has 0 radical (unpaired) electrons. The van der Waals surface area contributed by atoms with Gasteiger partial charge in [-0.1, -0.05) is 45.7 Å². The molecule has 2 aliphatic carbocycles. The van der Waals surface area contributed by atoms with Gasteiger partial charge in [-0.05, 0) is 26.7 Å². The number of halogens is 3. The Balaban J connectivity index is 1.85. The van der Waals surface area contributed by atoms with Gasteiger partial charge in [-0.25, -0.2) is 0 Å². The molecule has 0 aromatic rings. The van der Waals surface area contributed by atoms with E-state index in [9.17, 15) is 5.11 Å². The lowest BCUT2D eigenvalue weighted by molar-refractivity contribution is -0.151. The van der Waals surface area contributed by atoms with Crippen LogP contribution in [0, 0.1) is 10.8 Å². The van der Waals surface area contributed by atoms with E-state index in [1.54, 1.807) is 0 Å². The van der Waals surface area contributed by atoms with E-state index >= 15 is 0 Å². The van der Waals surface area contributed by atoms with Crippen LogP contribution in [0.15, 0.2) is 0 Å². The molecule has 4 aliphatic rings. The van der Waals surface area contributed by atoms with Crippen LogP contribution in [-0.4, -0.2) is 43.2 Å². The van der Waals surface area contributed by atoms with Crippen molar-refractivity contribution in [3.05, 3.63) is 0 Å². The van der Waals surface area contributed by atoms with Gasteiger partial charge < -0.3 is 14.6 Å². The second-order valence-corrected chi connectivity index (χ2v) is 11.2. The van der Waals surface area contributed by atoms with Crippen molar-refractivity contribution < 1.29 is 14.6 Å². The maximum absolute atomic E-state index is 11.1. The van der Waals surface area contributed by atoms with Gasteiger partial charge in [-0.15, -0.1) is 11.6 Å². The molecule has 21 heavy (non-hydrogen) atoms. The summed E-state index contributed by atoms with van der Waals surface area (Å²) < 4.78 is 11.7. The van der Waals surface area contributed by atoms with Crippen molar-refractivity contribution >= 4 is 43.5 Å². The van der Waals surface area contributed by atoms with Crippen molar-refractivity contribution in [2.24, 2.45) is 10.8 Å². The summed E-state index contributed by atoms with van der Waals surface area (Å²) in [5.41, 5.74) is -0.983. The van der Waals surface area contributed by atoms with Crippen LogP contribution in [0.3, 0.4) is 0 Å². The summed E-state index contributed by atoms with van der Waals surface area (Å²) in [4.78, 5) is -0.315. The Bertz CT molecular complexity index is 527. The maximum Gasteiger partial charge on any atom is 0.157 e. The van der Waals surface area contributed by atoms with Gasteiger partial charge in [0.25, 0.3) is 0 Å². The Morgan fingerprint density at radius 3 is 2.33 bits per heavy atom. The number of epoxide rings is 2. The van der Waals surface area contributed by atoms with Gasteiger partial charge in [0, 0.05) is 15.7 Å². The smallest absolute Gasteiger partial charge is 0.157 e. The number of fused-ring (bicyclic) bond motifs is 4. The van der Waals surface area contributed by atoms with Crippen LogP contribution >= 0.6 is 43.5 Å². The highest BCUT2D eigenvalue weighted by atomic mass is 79.9. The predicted molar refractivity (Wildman–Crippen MR) is 88.2 cm³/mol. The lowest BCUT2D eigenvalue weighted by Crippen LogP contribution is -2.68. The highest BCUT2D eigenvalue weighted by Gasteiger charge is 2.90. The summed E-state index contributed by atoms with van der Waals surface area (Å²) >= 11 is 14.2. The first-order valence-electron chi connectivity index (χ1n) is 7.50. The number of alkyl halides is 3. The Labute approximate surface area is 147 Å². The van der Waals surface area contributed by atoms with E-state index in [-0.39, 0.29) is 33.5 Å². The molecular weight excluding hydrogens is 423 g/mol. The van der Waals surface area contributed by atoms with Crippen LogP contribution in [0.25, 0.3) is 0 Å². The number of aliphatic hydroxyl groups excluding tert-OH is 1. The number of rotatable bonds is 0.